The van der Waals surface area contributed by atoms with E-state index in [0.717, 1.165) is 11.6 Å². The molecule has 0 atom stereocenters. The summed E-state index contributed by atoms with van der Waals surface area (Å²) in [5.74, 6) is -0.965. The number of amides is 1. The maximum atomic E-state index is 12.0. The highest BCUT2D eigenvalue weighted by molar-refractivity contribution is 5.95. The second-order valence-corrected chi connectivity index (χ2v) is 4.25. The van der Waals surface area contributed by atoms with Crippen molar-refractivity contribution in [2.24, 2.45) is 0 Å². The van der Waals surface area contributed by atoms with Crippen molar-refractivity contribution in [2.75, 3.05) is 0 Å². The van der Waals surface area contributed by atoms with Crippen LogP contribution in [0.1, 0.15) is 27.3 Å². The van der Waals surface area contributed by atoms with Crippen LogP contribution in [0.5, 0.6) is 0 Å². The van der Waals surface area contributed by atoms with Gasteiger partial charge in [-0.25, -0.2) is 4.79 Å². The molecular weight excluding hydrogens is 274 g/mol. The number of benzene rings is 1. The van der Waals surface area contributed by atoms with E-state index in [9.17, 15) is 9.59 Å². The average molecular weight is 287 g/mol. The third-order valence-corrected chi connectivity index (χ3v) is 2.74. The minimum absolute atomic E-state index is 0.156. The lowest BCUT2D eigenvalue weighted by Crippen LogP contribution is -2.23. The first kappa shape index (κ1) is 14.4. The summed E-state index contributed by atoms with van der Waals surface area (Å²) in [7, 11) is 0. The Hall–Kier alpha value is -3.03. The first-order valence-electron chi connectivity index (χ1n) is 6.08. The molecule has 0 spiro atoms. The van der Waals surface area contributed by atoms with E-state index in [1.807, 2.05) is 6.92 Å². The third kappa shape index (κ3) is 3.96. The number of carbonyl (C=O) groups is 2. The van der Waals surface area contributed by atoms with E-state index in [1.54, 1.807) is 18.2 Å². The minimum Gasteiger partial charge on any atom is -0.478 e. The topological polar surface area (TPSA) is 121 Å². The van der Waals surface area contributed by atoms with E-state index >= 15 is 0 Å². The van der Waals surface area contributed by atoms with Crippen LogP contribution in [-0.4, -0.2) is 37.6 Å². The molecule has 1 aromatic carbocycles. The molecule has 0 aliphatic heterocycles. The number of aliphatic carboxylic acids is 1. The maximum absolute atomic E-state index is 12.0. The molecule has 1 amide bonds. The number of tetrazole rings is 1. The molecule has 0 saturated carbocycles. The first-order chi connectivity index (χ1) is 10.1. The lowest BCUT2D eigenvalue weighted by Gasteiger charge is -2.06. The quantitative estimate of drug-likeness (QED) is 0.690. The predicted octanol–water partition coefficient (Wildman–Crippen LogP) is 0.536. The number of rotatable bonds is 5. The number of nitrogens with zero attached hydrogens (tertiary/aromatic N) is 3. The number of aryl methyl sites for hydroxylation is 1. The van der Waals surface area contributed by atoms with Crippen LogP contribution in [0.4, 0.5) is 0 Å². The molecule has 2 rings (SSSR count). The first-order valence-corrected chi connectivity index (χ1v) is 6.08. The highest BCUT2D eigenvalue weighted by atomic mass is 16.4. The van der Waals surface area contributed by atoms with Crippen molar-refractivity contribution in [2.45, 2.75) is 13.5 Å². The number of hydrogen-bond donors (Lipinski definition) is 3. The molecule has 0 aliphatic rings. The lowest BCUT2D eigenvalue weighted by atomic mass is 10.0. The van der Waals surface area contributed by atoms with Crippen molar-refractivity contribution in [1.82, 2.24) is 25.9 Å². The van der Waals surface area contributed by atoms with Crippen LogP contribution in [0.25, 0.3) is 6.08 Å². The maximum Gasteiger partial charge on any atom is 0.328 e. The van der Waals surface area contributed by atoms with Gasteiger partial charge in [-0.15, -0.1) is 10.2 Å². The van der Waals surface area contributed by atoms with E-state index in [0.29, 0.717) is 17.0 Å². The van der Waals surface area contributed by atoms with Gasteiger partial charge >= 0.3 is 5.97 Å². The molecule has 0 saturated heterocycles. The van der Waals surface area contributed by atoms with Gasteiger partial charge in [0.15, 0.2) is 5.82 Å². The van der Waals surface area contributed by atoms with Crippen molar-refractivity contribution in [3.05, 3.63) is 46.8 Å². The van der Waals surface area contributed by atoms with Crippen LogP contribution in [0.15, 0.2) is 24.3 Å². The van der Waals surface area contributed by atoms with Crippen LogP contribution < -0.4 is 5.32 Å². The number of aromatic amines is 1. The van der Waals surface area contributed by atoms with E-state index in [2.05, 4.69) is 25.9 Å². The molecular formula is C13H13N5O3. The molecule has 2 aromatic rings. The Balaban J connectivity index is 2.10. The normalized spacial score (nSPS) is 10.7. The zero-order chi connectivity index (χ0) is 15.2. The third-order valence-electron chi connectivity index (χ3n) is 2.74. The summed E-state index contributed by atoms with van der Waals surface area (Å²) in [6.07, 6.45) is 2.48. The summed E-state index contributed by atoms with van der Waals surface area (Å²) in [6.45, 7) is 1.99. The van der Waals surface area contributed by atoms with Gasteiger partial charge in [0, 0.05) is 11.6 Å². The van der Waals surface area contributed by atoms with Gasteiger partial charge in [-0.05, 0) is 36.3 Å². The molecule has 21 heavy (non-hydrogen) atoms. The van der Waals surface area contributed by atoms with Crippen LogP contribution in [0, 0.1) is 6.92 Å². The van der Waals surface area contributed by atoms with Gasteiger partial charge in [-0.2, -0.15) is 5.21 Å². The molecule has 0 fully saturated rings. The van der Waals surface area contributed by atoms with E-state index < -0.39 is 5.97 Å². The number of H-pyrrole nitrogens is 1. The van der Waals surface area contributed by atoms with Gasteiger partial charge in [0.2, 0.25) is 0 Å². The molecule has 8 nitrogen and oxygen atoms in total. The predicted molar refractivity (Wildman–Crippen MR) is 73.2 cm³/mol. The number of carboxylic acids is 1. The minimum atomic E-state index is -1.04. The lowest BCUT2D eigenvalue weighted by molar-refractivity contribution is -0.131. The van der Waals surface area contributed by atoms with Crippen LogP contribution in [0.3, 0.4) is 0 Å². The summed E-state index contributed by atoms with van der Waals surface area (Å²) in [4.78, 5) is 22.6. The van der Waals surface area contributed by atoms with E-state index in [-0.39, 0.29) is 12.5 Å². The average Bonchev–Trinajstić information content (AvgIpc) is 2.97. The number of hydrogen-bond acceptors (Lipinski definition) is 5. The Labute approximate surface area is 119 Å². The van der Waals surface area contributed by atoms with Crippen molar-refractivity contribution in [3.63, 3.8) is 0 Å². The van der Waals surface area contributed by atoms with Gasteiger partial charge in [-0.1, -0.05) is 11.3 Å². The smallest absolute Gasteiger partial charge is 0.328 e. The highest BCUT2D eigenvalue weighted by Gasteiger charge is 2.08. The SMILES string of the molecule is Cc1ccc(C(=O)NCc2nn[nH]n2)cc1/C=C/C(=O)O. The molecule has 8 heteroatoms. The Morgan fingerprint density at radius 1 is 1.43 bits per heavy atom. The molecule has 0 aliphatic carbocycles. The highest BCUT2D eigenvalue weighted by Crippen LogP contribution is 2.13. The van der Waals surface area contributed by atoms with Crippen LogP contribution >= 0.6 is 0 Å². The fraction of sp³-hybridized carbons (Fsp3) is 0.154. The van der Waals surface area contributed by atoms with E-state index in [1.165, 1.54) is 6.08 Å². The Bertz CT molecular complexity index is 679. The van der Waals surface area contributed by atoms with Gasteiger partial charge < -0.3 is 10.4 Å². The molecule has 1 heterocycles. The molecule has 3 N–H and O–H groups in total. The fourth-order valence-electron chi connectivity index (χ4n) is 1.64. The summed E-state index contributed by atoms with van der Waals surface area (Å²) in [5, 5.41) is 24.4. The Kier molecular flexibility index (Phi) is 4.39. The van der Waals surface area contributed by atoms with Gasteiger partial charge in [0.1, 0.15) is 0 Å². The molecule has 0 radical (unpaired) electrons. The van der Waals surface area contributed by atoms with Crippen molar-refractivity contribution in [1.29, 1.82) is 0 Å². The summed E-state index contributed by atoms with van der Waals surface area (Å²) in [5.41, 5.74) is 1.97. The second kappa shape index (κ2) is 6.42. The number of carboxylic acid groups (broad SMARTS) is 1. The summed E-state index contributed by atoms with van der Waals surface area (Å²) >= 11 is 0. The molecule has 1 aromatic heterocycles. The fourth-order valence-corrected chi connectivity index (χ4v) is 1.64. The second-order valence-electron chi connectivity index (χ2n) is 4.25. The molecule has 0 unspecified atom stereocenters. The van der Waals surface area contributed by atoms with Gasteiger partial charge in [0.25, 0.3) is 5.91 Å². The van der Waals surface area contributed by atoms with Crippen molar-refractivity contribution >= 4 is 18.0 Å². The standard InChI is InChI=1S/C13H13N5O3/c1-8-2-3-10(6-9(8)4-5-12(19)20)13(21)14-7-11-15-17-18-16-11/h2-6H,7H2,1H3,(H,14,21)(H,19,20)(H,15,16,17,18)/b5-4+. The molecule has 108 valence electrons. The molecule has 0 bridgehead atoms. The van der Waals surface area contributed by atoms with Gasteiger partial charge in [-0.3, -0.25) is 4.79 Å². The Morgan fingerprint density at radius 2 is 2.24 bits per heavy atom. The van der Waals surface area contributed by atoms with Crippen molar-refractivity contribution < 1.29 is 14.7 Å². The largest absolute Gasteiger partial charge is 0.478 e. The number of nitrogens with one attached hydrogen (secondary N) is 2. The van der Waals surface area contributed by atoms with Gasteiger partial charge in [0.05, 0.1) is 6.54 Å². The zero-order valence-electron chi connectivity index (χ0n) is 11.2. The monoisotopic (exact) mass is 287 g/mol. The van der Waals surface area contributed by atoms with Crippen LogP contribution in [-0.2, 0) is 11.3 Å². The number of carbonyl (C=O) groups excluding carboxylic acids is 1. The Morgan fingerprint density at radius 3 is 2.90 bits per heavy atom. The number of aromatic nitrogens is 4. The zero-order valence-corrected chi connectivity index (χ0v) is 11.2. The van der Waals surface area contributed by atoms with E-state index in [4.69, 9.17) is 5.11 Å². The summed E-state index contributed by atoms with van der Waals surface area (Å²) < 4.78 is 0. The van der Waals surface area contributed by atoms with Crippen molar-refractivity contribution in [3.8, 4) is 0 Å². The summed E-state index contributed by atoms with van der Waals surface area (Å²) in [6, 6.07) is 5.05. The van der Waals surface area contributed by atoms with Crippen LogP contribution in [0.2, 0.25) is 0 Å².